The van der Waals surface area contributed by atoms with Crippen molar-refractivity contribution in [3.8, 4) is 0 Å². The van der Waals surface area contributed by atoms with E-state index in [0.29, 0.717) is 6.04 Å². The van der Waals surface area contributed by atoms with Gasteiger partial charge in [-0.2, -0.15) is 0 Å². The molecule has 0 fully saturated rings. The molecule has 2 aromatic rings. The van der Waals surface area contributed by atoms with Gasteiger partial charge in [-0.25, -0.2) is 0 Å². The molecule has 2 heteroatoms. The molecule has 18 heavy (non-hydrogen) atoms. The van der Waals surface area contributed by atoms with Crippen LogP contribution in [0.25, 0.3) is 0 Å². The summed E-state index contributed by atoms with van der Waals surface area (Å²) in [5.41, 5.74) is 3.99. The quantitative estimate of drug-likeness (QED) is 0.890. The number of hydrogen-bond donors (Lipinski definition) is 1. The van der Waals surface area contributed by atoms with E-state index in [-0.39, 0.29) is 0 Å². The van der Waals surface area contributed by atoms with Crippen LogP contribution >= 0.6 is 15.9 Å². The lowest BCUT2D eigenvalue weighted by molar-refractivity contribution is 0.591. The van der Waals surface area contributed by atoms with Crippen LogP contribution in [0.1, 0.15) is 22.7 Å². The Morgan fingerprint density at radius 3 is 2.56 bits per heavy atom. The standard InChI is InChI=1S/C16H18BrN/c1-12-5-3-7-14(9-12)16(18-2)11-13-6-4-8-15(17)10-13/h3-10,16,18H,11H2,1-2H3. The highest BCUT2D eigenvalue weighted by Gasteiger charge is 2.10. The van der Waals surface area contributed by atoms with Crippen LogP contribution in [0.15, 0.2) is 53.0 Å². The van der Waals surface area contributed by atoms with E-state index < -0.39 is 0 Å². The van der Waals surface area contributed by atoms with Crippen molar-refractivity contribution in [3.05, 3.63) is 69.7 Å². The summed E-state index contributed by atoms with van der Waals surface area (Å²) in [4.78, 5) is 0. The fourth-order valence-corrected chi connectivity index (χ4v) is 2.62. The lowest BCUT2D eigenvalue weighted by Gasteiger charge is -2.17. The van der Waals surface area contributed by atoms with Gasteiger partial charge in [0.25, 0.3) is 0 Å². The van der Waals surface area contributed by atoms with Crippen LogP contribution in [0.3, 0.4) is 0 Å². The van der Waals surface area contributed by atoms with Crippen molar-refractivity contribution >= 4 is 15.9 Å². The van der Waals surface area contributed by atoms with Crippen LogP contribution in [0.4, 0.5) is 0 Å². The van der Waals surface area contributed by atoms with Crippen LogP contribution in [0.2, 0.25) is 0 Å². The van der Waals surface area contributed by atoms with E-state index >= 15 is 0 Å². The van der Waals surface area contributed by atoms with Gasteiger partial charge < -0.3 is 5.32 Å². The molecule has 94 valence electrons. The minimum absolute atomic E-state index is 0.360. The van der Waals surface area contributed by atoms with Crippen LogP contribution in [0, 0.1) is 6.92 Å². The summed E-state index contributed by atoms with van der Waals surface area (Å²) in [6, 6.07) is 17.5. The summed E-state index contributed by atoms with van der Waals surface area (Å²) in [7, 11) is 2.02. The molecule has 0 saturated carbocycles. The summed E-state index contributed by atoms with van der Waals surface area (Å²) in [6.07, 6.45) is 0.999. The van der Waals surface area contributed by atoms with Crippen LogP contribution in [0.5, 0.6) is 0 Å². The Morgan fingerprint density at radius 2 is 1.89 bits per heavy atom. The van der Waals surface area contributed by atoms with Gasteiger partial charge >= 0.3 is 0 Å². The molecule has 2 aromatic carbocycles. The lowest BCUT2D eigenvalue weighted by atomic mass is 9.98. The molecule has 0 heterocycles. The molecule has 0 aromatic heterocycles. The first kappa shape index (κ1) is 13.3. The van der Waals surface area contributed by atoms with Crippen LogP contribution in [-0.4, -0.2) is 7.05 Å². The van der Waals surface area contributed by atoms with Gasteiger partial charge in [0.2, 0.25) is 0 Å². The SMILES string of the molecule is CNC(Cc1cccc(Br)c1)c1cccc(C)c1. The molecule has 0 spiro atoms. The monoisotopic (exact) mass is 303 g/mol. The summed E-state index contributed by atoms with van der Waals surface area (Å²) in [6.45, 7) is 2.13. The minimum Gasteiger partial charge on any atom is -0.313 e. The number of halogens is 1. The molecular formula is C16H18BrN. The molecule has 1 nitrogen and oxygen atoms in total. The van der Waals surface area contributed by atoms with Gasteiger partial charge in [-0.15, -0.1) is 0 Å². The summed E-state index contributed by atoms with van der Waals surface area (Å²) >= 11 is 3.52. The molecule has 0 amide bonds. The third-order valence-electron chi connectivity index (χ3n) is 3.12. The summed E-state index contributed by atoms with van der Waals surface area (Å²) in [5, 5.41) is 3.40. The third-order valence-corrected chi connectivity index (χ3v) is 3.62. The highest BCUT2D eigenvalue weighted by atomic mass is 79.9. The first-order chi connectivity index (χ1) is 8.69. The van der Waals surface area contributed by atoms with E-state index in [1.54, 1.807) is 0 Å². The van der Waals surface area contributed by atoms with E-state index in [9.17, 15) is 0 Å². The zero-order valence-corrected chi connectivity index (χ0v) is 12.4. The normalized spacial score (nSPS) is 12.4. The van der Waals surface area contributed by atoms with Crippen molar-refractivity contribution in [2.24, 2.45) is 0 Å². The fraction of sp³-hybridized carbons (Fsp3) is 0.250. The molecule has 0 aliphatic rings. The van der Waals surface area contributed by atoms with Crippen molar-refractivity contribution in [2.75, 3.05) is 7.05 Å². The van der Waals surface area contributed by atoms with Gasteiger partial charge in [0.05, 0.1) is 0 Å². The maximum atomic E-state index is 3.52. The molecule has 0 aliphatic heterocycles. The largest absolute Gasteiger partial charge is 0.313 e. The second kappa shape index (κ2) is 6.17. The molecule has 0 aliphatic carbocycles. The van der Waals surface area contributed by atoms with E-state index in [1.807, 2.05) is 7.05 Å². The number of nitrogens with one attached hydrogen (secondary N) is 1. The number of benzene rings is 2. The molecular weight excluding hydrogens is 286 g/mol. The van der Waals surface area contributed by atoms with Gasteiger partial charge in [-0.3, -0.25) is 0 Å². The van der Waals surface area contributed by atoms with E-state index in [0.717, 1.165) is 10.9 Å². The smallest absolute Gasteiger partial charge is 0.0358 e. The van der Waals surface area contributed by atoms with Gasteiger partial charge in [-0.1, -0.05) is 57.9 Å². The van der Waals surface area contributed by atoms with Crippen LogP contribution < -0.4 is 5.32 Å². The van der Waals surface area contributed by atoms with Crippen LogP contribution in [-0.2, 0) is 6.42 Å². The molecule has 1 N–H and O–H groups in total. The Labute approximate surface area is 117 Å². The van der Waals surface area contributed by atoms with Crippen molar-refractivity contribution < 1.29 is 0 Å². The Balaban J connectivity index is 2.19. The van der Waals surface area contributed by atoms with Gasteiger partial charge in [0, 0.05) is 10.5 Å². The highest BCUT2D eigenvalue weighted by Crippen LogP contribution is 2.21. The second-order valence-electron chi connectivity index (χ2n) is 4.59. The summed E-state index contributed by atoms with van der Waals surface area (Å²) in [5.74, 6) is 0. The number of aryl methyl sites for hydroxylation is 1. The van der Waals surface area contributed by atoms with Gasteiger partial charge in [0.1, 0.15) is 0 Å². The Morgan fingerprint density at radius 1 is 1.11 bits per heavy atom. The molecule has 0 saturated heterocycles. The predicted molar refractivity (Wildman–Crippen MR) is 80.8 cm³/mol. The first-order valence-corrected chi connectivity index (χ1v) is 6.96. The topological polar surface area (TPSA) is 12.0 Å². The van der Waals surface area contributed by atoms with E-state index in [2.05, 4.69) is 76.7 Å². The van der Waals surface area contributed by atoms with Gasteiger partial charge in [0.15, 0.2) is 0 Å². The number of hydrogen-bond acceptors (Lipinski definition) is 1. The van der Waals surface area contributed by atoms with Crippen molar-refractivity contribution in [3.63, 3.8) is 0 Å². The lowest BCUT2D eigenvalue weighted by Crippen LogP contribution is -2.18. The molecule has 2 rings (SSSR count). The second-order valence-corrected chi connectivity index (χ2v) is 5.51. The maximum absolute atomic E-state index is 3.52. The predicted octanol–water partition coefficient (Wildman–Crippen LogP) is 4.26. The Bertz CT molecular complexity index is 522. The minimum atomic E-state index is 0.360. The molecule has 0 bridgehead atoms. The first-order valence-electron chi connectivity index (χ1n) is 6.17. The van der Waals surface area contributed by atoms with E-state index in [4.69, 9.17) is 0 Å². The van der Waals surface area contributed by atoms with Gasteiger partial charge in [-0.05, 0) is 43.7 Å². The zero-order valence-electron chi connectivity index (χ0n) is 10.8. The van der Waals surface area contributed by atoms with Crippen molar-refractivity contribution in [2.45, 2.75) is 19.4 Å². The molecule has 1 unspecified atom stereocenters. The zero-order chi connectivity index (χ0) is 13.0. The molecule has 0 radical (unpaired) electrons. The Hall–Kier alpha value is -1.12. The average Bonchev–Trinajstić information content (AvgIpc) is 2.36. The average molecular weight is 304 g/mol. The number of likely N-dealkylation sites (N-methyl/N-ethyl adjacent to an activating group) is 1. The Kier molecular flexibility index (Phi) is 4.56. The number of rotatable bonds is 4. The highest BCUT2D eigenvalue weighted by molar-refractivity contribution is 9.10. The van der Waals surface area contributed by atoms with Crippen molar-refractivity contribution in [1.29, 1.82) is 0 Å². The summed E-state index contributed by atoms with van der Waals surface area (Å²) < 4.78 is 1.14. The van der Waals surface area contributed by atoms with Crippen molar-refractivity contribution in [1.82, 2.24) is 5.32 Å². The molecule has 1 atom stereocenters. The maximum Gasteiger partial charge on any atom is 0.0358 e. The fourth-order valence-electron chi connectivity index (χ4n) is 2.17. The third kappa shape index (κ3) is 3.44. The van der Waals surface area contributed by atoms with E-state index in [1.165, 1.54) is 16.7 Å².